The van der Waals surface area contributed by atoms with Crippen LogP contribution in [0.2, 0.25) is 0 Å². The summed E-state index contributed by atoms with van der Waals surface area (Å²) in [4.78, 5) is 3.89. The van der Waals surface area contributed by atoms with Crippen LogP contribution in [-0.2, 0) is 0 Å². The molecule has 1 heterocycles. The van der Waals surface area contributed by atoms with Crippen LogP contribution >= 0.6 is 0 Å². The summed E-state index contributed by atoms with van der Waals surface area (Å²) in [6, 6.07) is 13.1. The maximum atomic E-state index is 8.99. The normalized spacial score (nSPS) is 9.12. The summed E-state index contributed by atoms with van der Waals surface area (Å²) in [5, 5.41) is 18.0. The summed E-state index contributed by atoms with van der Waals surface area (Å²) in [6.07, 6.45) is 3.12. The van der Waals surface area contributed by atoms with Crippen molar-refractivity contribution in [3.63, 3.8) is 0 Å². The first-order chi connectivity index (χ1) is 7.86. The van der Waals surface area contributed by atoms with Crippen LogP contribution in [0, 0.1) is 22.7 Å². The Bertz CT molecular complexity index is 548. The number of hydrogen-bond donors (Lipinski definition) is 0. The molecule has 0 amide bonds. The van der Waals surface area contributed by atoms with Gasteiger partial charge in [0.2, 0.25) is 0 Å². The van der Waals surface area contributed by atoms with Crippen molar-refractivity contribution in [2.45, 2.75) is 0 Å². The van der Waals surface area contributed by atoms with Crippen LogP contribution in [0.3, 0.4) is 0 Å². The molecule has 0 unspecified atom stereocenters. The Kier molecular flexibility index (Phi) is 2.63. The van der Waals surface area contributed by atoms with E-state index in [1.54, 1.807) is 24.4 Å². The van der Waals surface area contributed by atoms with Gasteiger partial charge in [-0.15, -0.1) is 0 Å². The Labute approximate surface area is 93.2 Å². The second-order valence-corrected chi connectivity index (χ2v) is 3.19. The molecule has 74 valence electrons. The number of pyridine rings is 1. The number of rotatable bonds is 1. The minimum atomic E-state index is 0.477. The van der Waals surface area contributed by atoms with Crippen molar-refractivity contribution in [2.24, 2.45) is 0 Å². The lowest BCUT2D eigenvalue weighted by molar-refractivity contribution is 1.30. The van der Waals surface area contributed by atoms with E-state index in [0.29, 0.717) is 11.1 Å². The molecule has 0 aliphatic heterocycles. The van der Waals surface area contributed by atoms with Gasteiger partial charge in [-0.2, -0.15) is 10.5 Å². The Balaban J connectivity index is 2.70. The molecule has 0 fully saturated rings. The van der Waals surface area contributed by atoms with Gasteiger partial charge >= 0.3 is 0 Å². The highest BCUT2D eigenvalue weighted by atomic mass is 14.6. The summed E-state index contributed by atoms with van der Waals surface area (Å²) in [6.45, 7) is 0. The molecule has 0 bridgehead atoms. The van der Waals surface area contributed by atoms with Gasteiger partial charge in [0, 0.05) is 23.5 Å². The quantitative estimate of drug-likeness (QED) is 0.718. The molecule has 1 aromatic heterocycles. The van der Waals surface area contributed by atoms with E-state index in [2.05, 4.69) is 17.1 Å². The fraction of sp³-hybridized carbons (Fsp3) is 0. The molecule has 0 spiro atoms. The molecule has 2 rings (SSSR count). The summed E-state index contributed by atoms with van der Waals surface area (Å²) >= 11 is 0. The Hall–Kier alpha value is -2.65. The van der Waals surface area contributed by atoms with Crippen LogP contribution in [0.5, 0.6) is 0 Å². The van der Waals surface area contributed by atoms with Crippen LogP contribution in [0.4, 0.5) is 0 Å². The third-order valence-electron chi connectivity index (χ3n) is 2.28. The molecular formula is C13H7N3. The zero-order valence-corrected chi connectivity index (χ0v) is 8.38. The van der Waals surface area contributed by atoms with Crippen LogP contribution < -0.4 is 0 Å². The lowest BCUT2D eigenvalue weighted by Crippen LogP contribution is -1.88. The number of aromatic nitrogens is 1. The second kappa shape index (κ2) is 4.25. The third-order valence-corrected chi connectivity index (χ3v) is 2.28. The molecule has 3 nitrogen and oxygen atoms in total. The van der Waals surface area contributed by atoms with Crippen molar-refractivity contribution < 1.29 is 0 Å². The van der Waals surface area contributed by atoms with E-state index < -0.39 is 0 Å². The standard InChI is InChI=1S/C13H7N3/c14-7-10-3-1-2-4-12(10)13-5-6-16-9-11(13)8-15/h1-6,9H. The monoisotopic (exact) mass is 205 g/mol. The Morgan fingerprint density at radius 1 is 0.875 bits per heavy atom. The predicted molar refractivity (Wildman–Crippen MR) is 59.1 cm³/mol. The number of nitriles is 2. The van der Waals surface area contributed by atoms with Gasteiger partial charge in [-0.3, -0.25) is 4.98 Å². The van der Waals surface area contributed by atoms with Crippen molar-refractivity contribution in [3.05, 3.63) is 53.9 Å². The van der Waals surface area contributed by atoms with E-state index >= 15 is 0 Å². The molecule has 3 heteroatoms. The fourth-order valence-corrected chi connectivity index (χ4v) is 1.53. The van der Waals surface area contributed by atoms with Gasteiger partial charge in [0.25, 0.3) is 0 Å². The number of hydrogen-bond acceptors (Lipinski definition) is 3. The van der Waals surface area contributed by atoms with Gasteiger partial charge in [-0.05, 0) is 12.1 Å². The van der Waals surface area contributed by atoms with Crippen LogP contribution in [-0.4, -0.2) is 4.98 Å². The largest absolute Gasteiger partial charge is 0.263 e. The van der Waals surface area contributed by atoms with Gasteiger partial charge in [0.15, 0.2) is 0 Å². The van der Waals surface area contributed by atoms with Crippen LogP contribution in [0.1, 0.15) is 11.1 Å². The summed E-state index contributed by atoms with van der Waals surface area (Å²) in [7, 11) is 0. The molecule has 1 aromatic carbocycles. The van der Waals surface area contributed by atoms with Crippen LogP contribution in [0.15, 0.2) is 42.7 Å². The van der Waals surface area contributed by atoms with E-state index in [4.69, 9.17) is 10.5 Å². The van der Waals surface area contributed by atoms with E-state index in [9.17, 15) is 0 Å². The first-order valence-corrected chi connectivity index (χ1v) is 4.70. The second-order valence-electron chi connectivity index (χ2n) is 3.19. The summed E-state index contributed by atoms with van der Waals surface area (Å²) < 4.78 is 0. The van der Waals surface area contributed by atoms with Crippen LogP contribution in [0.25, 0.3) is 11.1 Å². The zero-order valence-electron chi connectivity index (χ0n) is 8.38. The average Bonchev–Trinajstić information content (AvgIpc) is 2.38. The topological polar surface area (TPSA) is 60.5 Å². The molecular weight excluding hydrogens is 198 g/mol. The minimum Gasteiger partial charge on any atom is -0.263 e. The molecule has 0 N–H and O–H groups in total. The maximum absolute atomic E-state index is 8.99. The van der Waals surface area contributed by atoms with E-state index in [0.717, 1.165) is 11.1 Å². The van der Waals surface area contributed by atoms with Crippen molar-refractivity contribution in [3.8, 4) is 23.3 Å². The predicted octanol–water partition coefficient (Wildman–Crippen LogP) is 2.49. The van der Waals surface area contributed by atoms with Gasteiger partial charge in [0.05, 0.1) is 17.2 Å². The number of benzene rings is 1. The van der Waals surface area contributed by atoms with E-state index in [1.807, 2.05) is 12.1 Å². The third kappa shape index (κ3) is 1.63. The van der Waals surface area contributed by atoms with Crippen molar-refractivity contribution in [1.29, 1.82) is 10.5 Å². The van der Waals surface area contributed by atoms with Gasteiger partial charge in [-0.25, -0.2) is 0 Å². The molecule has 0 saturated heterocycles. The molecule has 0 atom stereocenters. The van der Waals surface area contributed by atoms with Gasteiger partial charge < -0.3 is 0 Å². The highest BCUT2D eigenvalue weighted by molar-refractivity contribution is 5.74. The molecule has 0 aliphatic rings. The minimum absolute atomic E-state index is 0.477. The smallest absolute Gasteiger partial charge is 0.101 e. The molecule has 0 radical (unpaired) electrons. The van der Waals surface area contributed by atoms with Crippen molar-refractivity contribution in [1.82, 2.24) is 4.98 Å². The van der Waals surface area contributed by atoms with Crippen molar-refractivity contribution in [2.75, 3.05) is 0 Å². The van der Waals surface area contributed by atoms with Crippen molar-refractivity contribution >= 4 is 0 Å². The fourth-order valence-electron chi connectivity index (χ4n) is 1.53. The lowest BCUT2D eigenvalue weighted by Gasteiger charge is -2.04. The molecule has 16 heavy (non-hydrogen) atoms. The van der Waals surface area contributed by atoms with E-state index in [1.165, 1.54) is 6.20 Å². The van der Waals surface area contributed by atoms with E-state index in [-0.39, 0.29) is 0 Å². The lowest BCUT2D eigenvalue weighted by atomic mass is 9.98. The number of nitrogens with zero attached hydrogens (tertiary/aromatic N) is 3. The average molecular weight is 205 g/mol. The SMILES string of the molecule is N#Cc1ccccc1-c1ccncc1C#N. The van der Waals surface area contributed by atoms with Gasteiger partial charge in [-0.1, -0.05) is 18.2 Å². The maximum Gasteiger partial charge on any atom is 0.101 e. The summed E-state index contributed by atoms with van der Waals surface area (Å²) in [5.74, 6) is 0. The van der Waals surface area contributed by atoms with Gasteiger partial charge in [0.1, 0.15) is 6.07 Å². The zero-order chi connectivity index (χ0) is 11.4. The first kappa shape index (κ1) is 9.89. The summed E-state index contributed by atoms with van der Waals surface area (Å²) in [5.41, 5.74) is 2.55. The highest BCUT2D eigenvalue weighted by Crippen LogP contribution is 2.25. The molecule has 0 saturated carbocycles. The Morgan fingerprint density at radius 2 is 1.56 bits per heavy atom. The highest BCUT2D eigenvalue weighted by Gasteiger charge is 2.08. The molecule has 2 aromatic rings. The first-order valence-electron chi connectivity index (χ1n) is 4.70. The Morgan fingerprint density at radius 3 is 2.31 bits per heavy atom. The molecule has 0 aliphatic carbocycles.